The Morgan fingerprint density at radius 3 is 2.30 bits per heavy atom. The van der Waals surface area contributed by atoms with Crippen molar-refractivity contribution in [1.82, 2.24) is 5.32 Å². The second-order valence-corrected chi connectivity index (χ2v) is 7.65. The van der Waals surface area contributed by atoms with E-state index in [1.54, 1.807) is 12.1 Å². The largest absolute Gasteiger partial charge is 0.349 e. The van der Waals surface area contributed by atoms with Crippen LogP contribution >= 0.6 is 0 Å². The summed E-state index contributed by atoms with van der Waals surface area (Å²) in [7, 11) is -3.21. The van der Waals surface area contributed by atoms with E-state index in [4.69, 9.17) is 0 Å². The summed E-state index contributed by atoms with van der Waals surface area (Å²) in [5, 5.41) is 3.05. The minimum absolute atomic E-state index is 0.121. The Labute approximate surface area is 120 Å². The first-order chi connectivity index (χ1) is 9.38. The number of amides is 1. The zero-order valence-electron chi connectivity index (χ0n) is 11.9. The summed E-state index contributed by atoms with van der Waals surface area (Å²) < 4.78 is 22.7. The molecule has 4 nitrogen and oxygen atoms in total. The van der Waals surface area contributed by atoms with Gasteiger partial charge in [0.05, 0.1) is 4.90 Å². The van der Waals surface area contributed by atoms with Crippen molar-refractivity contribution in [2.24, 2.45) is 5.92 Å². The van der Waals surface area contributed by atoms with Gasteiger partial charge in [-0.3, -0.25) is 4.79 Å². The van der Waals surface area contributed by atoms with Gasteiger partial charge in [-0.15, -0.1) is 0 Å². The van der Waals surface area contributed by atoms with E-state index in [9.17, 15) is 13.2 Å². The maximum Gasteiger partial charge on any atom is 0.251 e. The van der Waals surface area contributed by atoms with Gasteiger partial charge in [0, 0.05) is 17.9 Å². The Hall–Kier alpha value is -1.36. The van der Waals surface area contributed by atoms with E-state index in [0.717, 1.165) is 25.5 Å². The van der Waals surface area contributed by atoms with Crippen molar-refractivity contribution in [3.8, 4) is 0 Å². The molecule has 110 valence electrons. The molecule has 1 saturated carbocycles. The van der Waals surface area contributed by atoms with Crippen molar-refractivity contribution in [3.05, 3.63) is 29.8 Å². The quantitative estimate of drug-likeness (QED) is 0.931. The first-order valence-corrected chi connectivity index (χ1v) is 8.88. The minimum Gasteiger partial charge on any atom is -0.349 e. The van der Waals surface area contributed by atoms with E-state index in [0.29, 0.717) is 11.5 Å². The lowest BCUT2D eigenvalue weighted by Crippen LogP contribution is -2.41. The number of hydrogen-bond donors (Lipinski definition) is 1. The molecule has 1 aromatic rings. The SMILES string of the molecule is C[C@H]1CCCC[C@@H]1NC(=O)c1ccc(S(C)(=O)=O)cc1. The van der Waals surface area contributed by atoms with Crippen LogP contribution in [0.25, 0.3) is 0 Å². The number of benzene rings is 1. The summed E-state index contributed by atoms with van der Waals surface area (Å²) in [5.74, 6) is 0.381. The van der Waals surface area contributed by atoms with Crippen LogP contribution in [0.3, 0.4) is 0 Å². The van der Waals surface area contributed by atoms with E-state index >= 15 is 0 Å². The number of rotatable bonds is 3. The topological polar surface area (TPSA) is 63.2 Å². The highest BCUT2D eigenvalue weighted by Crippen LogP contribution is 2.24. The van der Waals surface area contributed by atoms with Gasteiger partial charge in [-0.1, -0.05) is 19.8 Å². The molecule has 20 heavy (non-hydrogen) atoms. The third-order valence-corrected chi connectivity index (χ3v) is 5.10. The third-order valence-electron chi connectivity index (χ3n) is 3.97. The van der Waals surface area contributed by atoms with Crippen molar-refractivity contribution in [2.75, 3.05) is 6.26 Å². The first kappa shape index (κ1) is 15.0. The molecule has 1 aliphatic carbocycles. The summed E-state index contributed by atoms with van der Waals surface area (Å²) >= 11 is 0. The van der Waals surface area contributed by atoms with Crippen LogP contribution in [0, 0.1) is 5.92 Å². The average molecular weight is 295 g/mol. The van der Waals surface area contributed by atoms with Crippen LogP contribution < -0.4 is 5.32 Å². The lowest BCUT2D eigenvalue weighted by Gasteiger charge is -2.29. The van der Waals surface area contributed by atoms with Gasteiger partial charge in [-0.25, -0.2) is 8.42 Å². The Morgan fingerprint density at radius 1 is 1.15 bits per heavy atom. The zero-order valence-corrected chi connectivity index (χ0v) is 12.7. The maximum absolute atomic E-state index is 12.2. The molecule has 1 N–H and O–H groups in total. The molecule has 0 unspecified atom stereocenters. The molecule has 2 rings (SSSR count). The molecule has 0 heterocycles. The fraction of sp³-hybridized carbons (Fsp3) is 0.533. The number of sulfone groups is 1. The summed E-state index contributed by atoms with van der Waals surface area (Å²) in [6.07, 6.45) is 5.72. The first-order valence-electron chi connectivity index (χ1n) is 6.99. The molecule has 0 aliphatic heterocycles. The Bertz CT molecular complexity index is 578. The zero-order chi connectivity index (χ0) is 14.8. The van der Waals surface area contributed by atoms with E-state index in [2.05, 4.69) is 12.2 Å². The van der Waals surface area contributed by atoms with Crippen molar-refractivity contribution in [2.45, 2.75) is 43.5 Å². The molecule has 5 heteroatoms. The predicted octanol–water partition coefficient (Wildman–Crippen LogP) is 2.40. The highest BCUT2D eigenvalue weighted by atomic mass is 32.2. The van der Waals surface area contributed by atoms with Crippen molar-refractivity contribution in [1.29, 1.82) is 0 Å². The predicted molar refractivity (Wildman–Crippen MR) is 78.4 cm³/mol. The summed E-state index contributed by atoms with van der Waals surface area (Å²) in [5.41, 5.74) is 0.509. The monoisotopic (exact) mass is 295 g/mol. The molecule has 0 spiro atoms. The summed E-state index contributed by atoms with van der Waals surface area (Å²) in [4.78, 5) is 12.4. The maximum atomic E-state index is 12.2. The Kier molecular flexibility index (Phi) is 4.48. The Balaban J connectivity index is 2.06. The highest BCUT2D eigenvalue weighted by molar-refractivity contribution is 7.90. The number of carbonyl (C=O) groups is 1. The summed E-state index contributed by atoms with van der Waals surface area (Å²) in [6, 6.07) is 6.33. The number of hydrogen-bond acceptors (Lipinski definition) is 3. The third kappa shape index (κ3) is 3.60. The van der Waals surface area contributed by atoms with Crippen LogP contribution in [0.15, 0.2) is 29.2 Å². The van der Waals surface area contributed by atoms with Gasteiger partial charge in [-0.05, 0) is 43.0 Å². The normalized spacial score (nSPS) is 23.3. The molecule has 1 fully saturated rings. The van der Waals surface area contributed by atoms with Gasteiger partial charge < -0.3 is 5.32 Å². The summed E-state index contributed by atoms with van der Waals surface area (Å²) in [6.45, 7) is 2.16. The molecule has 0 saturated heterocycles. The van der Waals surface area contributed by atoms with E-state index in [1.165, 1.54) is 18.6 Å². The van der Waals surface area contributed by atoms with Crippen molar-refractivity contribution in [3.63, 3.8) is 0 Å². The van der Waals surface area contributed by atoms with E-state index in [1.807, 2.05) is 0 Å². The van der Waals surface area contributed by atoms with Crippen LogP contribution in [-0.4, -0.2) is 26.6 Å². The smallest absolute Gasteiger partial charge is 0.251 e. The second-order valence-electron chi connectivity index (χ2n) is 5.64. The van der Waals surface area contributed by atoms with Gasteiger partial charge in [0.25, 0.3) is 5.91 Å². The molecular weight excluding hydrogens is 274 g/mol. The van der Waals surface area contributed by atoms with E-state index < -0.39 is 9.84 Å². The molecule has 0 bridgehead atoms. The minimum atomic E-state index is -3.21. The fourth-order valence-electron chi connectivity index (χ4n) is 2.64. The molecule has 1 aliphatic rings. The van der Waals surface area contributed by atoms with Gasteiger partial charge in [0.2, 0.25) is 0 Å². The highest BCUT2D eigenvalue weighted by Gasteiger charge is 2.23. The van der Waals surface area contributed by atoms with Crippen molar-refractivity contribution < 1.29 is 13.2 Å². The van der Waals surface area contributed by atoms with Gasteiger partial charge in [0.15, 0.2) is 9.84 Å². The van der Waals surface area contributed by atoms with E-state index in [-0.39, 0.29) is 16.8 Å². The lowest BCUT2D eigenvalue weighted by molar-refractivity contribution is 0.0910. The van der Waals surface area contributed by atoms with Gasteiger partial charge >= 0.3 is 0 Å². The average Bonchev–Trinajstić information content (AvgIpc) is 2.40. The van der Waals surface area contributed by atoms with Crippen LogP contribution in [0.1, 0.15) is 43.0 Å². The number of carbonyl (C=O) groups excluding carboxylic acids is 1. The molecule has 1 aromatic carbocycles. The number of nitrogens with one attached hydrogen (secondary N) is 1. The van der Waals surface area contributed by atoms with Crippen LogP contribution in [0.4, 0.5) is 0 Å². The molecule has 0 aromatic heterocycles. The van der Waals surface area contributed by atoms with Crippen LogP contribution in [0.5, 0.6) is 0 Å². The van der Waals surface area contributed by atoms with Crippen LogP contribution in [0.2, 0.25) is 0 Å². The molecule has 2 atom stereocenters. The van der Waals surface area contributed by atoms with Crippen molar-refractivity contribution >= 4 is 15.7 Å². The molecule has 1 amide bonds. The van der Waals surface area contributed by atoms with Gasteiger partial charge in [-0.2, -0.15) is 0 Å². The molecular formula is C15H21NO3S. The standard InChI is InChI=1S/C15H21NO3S/c1-11-5-3-4-6-14(11)16-15(17)12-7-9-13(10-8-12)20(2,18)19/h7-11,14H,3-6H2,1-2H3,(H,16,17)/t11-,14-/m0/s1. The Morgan fingerprint density at radius 2 is 1.75 bits per heavy atom. The fourth-order valence-corrected chi connectivity index (χ4v) is 3.27. The van der Waals surface area contributed by atoms with Gasteiger partial charge in [0.1, 0.15) is 0 Å². The molecule has 0 radical (unpaired) electrons. The lowest BCUT2D eigenvalue weighted by atomic mass is 9.86. The van der Waals surface area contributed by atoms with Crippen LogP contribution in [-0.2, 0) is 9.84 Å². The second kappa shape index (κ2) is 5.95.